The molecule has 2 aromatic carbocycles. The van der Waals surface area contributed by atoms with E-state index in [0.29, 0.717) is 56.9 Å². The number of sulfone groups is 1. The zero-order chi connectivity index (χ0) is 24.0. The van der Waals surface area contributed by atoms with Gasteiger partial charge in [-0.15, -0.1) is 0 Å². The van der Waals surface area contributed by atoms with Gasteiger partial charge in [-0.1, -0.05) is 18.2 Å². The van der Waals surface area contributed by atoms with Crippen LogP contribution in [0, 0.1) is 16.0 Å². The molecule has 0 radical (unpaired) electrons. The zero-order valence-electron chi connectivity index (χ0n) is 18.8. The topological polar surface area (TPSA) is 110 Å². The first-order valence-corrected chi connectivity index (χ1v) is 12.7. The lowest BCUT2D eigenvalue weighted by Gasteiger charge is -2.34. The fourth-order valence-corrected chi connectivity index (χ4v) is 4.62. The van der Waals surface area contributed by atoms with Crippen molar-refractivity contribution in [3.63, 3.8) is 0 Å². The molecule has 0 bridgehead atoms. The first-order chi connectivity index (χ1) is 15.7. The maximum Gasteiger partial charge on any atom is 0.292 e. The molecule has 178 valence electrons. The fourth-order valence-electron chi connectivity index (χ4n) is 3.96. The largest absolute Gasteiger partial charge is 0.493 e. The minimum atomic E-state index is -3.29. The predicted octanol–water partition coefficient (Wildman–Crippen LogP) is 3.14. The molecule has 1 heterocycles. The number of nitrogens with zero attached hydrogens (tertiary/aromatic N) is 3. The summed E-state index contributed by atoms with van der Waals surface area (Å²) in [6.45, 7) is 2.07. The number of carbonyl (C=O) groups is 1. The second kappa shape index (κ2) is 10.7. The zero-order valence-corrected chi connectivity index (χ0v) is 19.7. The number of anilines is 1. The average molecular weight is 476 g/mol. The third-order valence-corrected chi connectivity index (χ3v) is 6.89. The van der Waals surface area contributed by atoms with Gasteiger partial charge in [0, 0.05) is 44.9 Å². The highest BCUT2D eigenvalue weighted by atomic mass is 32.2. The van der Waals surface area contributed by atoms with Crippen molar-refractivity contribution >= 4 is 27.1 Å². The van der Waals surface area contributed by atoms with E-state index in [1.54, 1.807) is 42.3 Å². The molecule has 0 saturated carbocycles. The number of nitro groups is 1. The smallest absolute Gasteiger partial charge is 0.292 e. The maximum absolute atomic E-state index is 12.8. The molecule has 0 atom stereocenters. The lowest BCUT2D eigenvalue weighted by atomic mass is 9.94. The van der Waals surface area contributed by atoms with Crippen LogP contribution in [0.5, 0.6) is 5.75 Å². The summed E-state index contributed by atoms with van der Waals surface area (Å²) in [5.41, 5.74) is 0.681. The standard InChI is InChI=1S/C23H29N3O6S/c1-24(13-6-16-32-19-7-5-8-20(17-19)33(2,30)31)23(27)18-11-14-25(15-12-18)21-9-3-4-10-22(21)26(28)29/h3-5,7-10,17-18H,6,11-16H2,1-2H3. The van der Waals surface area contributed by atoms with Crippen LogP contribution in [-0.4, -0.2) is 63.7 Å². The van der Waals surface area contributed by atoms with E-state index >= 15 is 0 Å². The second-order valence-electron chi connectivity index (χ2n) is 8.22. The van der Waals surface area contributed by atoms with E-state index < -0.39 is 9.84 Å². The van der Waals surface area contributed by atoms with Gasteiger partial charge in [0.2, 0.25) is 5.91 Å². The molecule has 0 unspecified atom stereocenters. The number of piperidine rings is 1. The Bertz CT molecular complexity index is 1100. The van der Waals surface area contributed by atoms with Gasteiger partial charge in [-0.3, -0.25) is 14.9 Å². The molecule has 1 saturated heterocycles. The van der Waals surface area contributed by atoms with Crippen molar-refractivity contribution in [3.05, 3.63) is 58.6 Å². The monoisotopic (exact) mass is 475 g/mol. The quantitative estimate of drug-likeness (QED) is 0.311. The van der Waals surface area contributed by atoms with Crippen molar-refractivity contribution < 1.29 is 22.9 Å². The number of ether oxygens (including phenoxy) is 1. The summed E-state index contributed by atoms with van der Waals surface area (Å²) in [5, 5.41) is 11.3. The minimum absolute atomic E-state index is 0.0660. The molecule has 9 nitrogen and oxygen atoms in total. The van der Waals surface area contributed by atoms with Gasteiger partial charge in [-0.25, -0.2) is 8.42 Å². The maximum atomic E-state index is 12.8. The number of carbonyl (C=O) groups excluding carboxylic acids is 1. The molecule has 3 rings (SSSR count). The van der Waals surface area contributed by atoms with E-state index in [9.17, 15) is 23.3 Å². The first-order valence-electron chi connectivity index (χ1n) is 10.8. The van der Waals surface area contributed by atoms with Gasteiger partial charge < -0.3 is 14.5 Å². The number of rotatable bonds is 9. The predicted molar refractivity (Wildman–Crippen MR) is 125 cm³/mol. The molecule has 1 aliphatic rings. The molecular weight excluding hydrogens is 446 g/mol. The summed E-state index contributed by atoms with van der Waals surface area (Å²) in [4.78, 5) is 27.6. The van der Waals surface area contributed by atoms with Crippen molar-refractivity contribution in [1.82, 2.24) is 4.90 Å². The number of hydrogen-bond donors (Lipinski definition) is 0. The molecule has 0 spiro atoms. The van der Waals surface area contributed by atoms with Crippen LogP contribution in [0.15, 0.2) is 53.4 Å². The summed E-state index contributed by atoms with van der Waals surface area (Å²) in [6, 6.07) is 13.0. The SMILES string of the molecule is CN(CCCOc1cccc(S(C)(=O)=O)c1)C(=O)C1CCN(c2ccccc2[N+](=O)[O-])CC1. The molecule has 1 fully saturated rings. The lowest BCUT2D eigenvalue weighted by Crippen LogP contribution is -2.41. The average Bonchev–Trinajstić information content (AvgIpc) is 2.81. The molecule has 0 aromatic heterocycles. The molecule has 0 aliphatic carbocycles. The van der Waals surface area contributed by atoms with Gasteiger partial charge in [0.1, 0.15) is 11.4 Å². The van der Waals surface area contributed by atoms with Crippen molar-refractivity contribution in [2.75, 3.05) is 44.4 Å². The Hall–Kier alpha value is -3.14. The Morgan fingerprint density at radius 3 is 2.55 bits per heavy atom. The van der Waals surface area contributed by atoms with Crippen molar-refractivity contribution in [1.29, 1.82) is 0 Å². The highest BCUT2D eigenvalue weighted by molar-refractivity contribution is 7.90. The number of para-hydroxylation sites is 2. The number of amides is 1. The van der Waals surface area contributed by atoms with Gasteiger partial charge in [0.05, 0.1) is 16.4 Å². The van der Waals surface area contributed by atoms with E-state index in [-0.39, 0.29) is 27.3 Å². The van der Waals surface area contributed by atoms with E-state index in [4.69, 9.17) is 4.74 Å². The normalized spacial score (nSPS) is 14.7. The Balaban J connectivity index is 1.45. The van der Waals surface area contributed by atoms with Crippen LogP contribution in [-0.2, 0) is 14.6 Å². The van der Waals surface area contributed by atoms with Crippen molar-refractivity contribution in [2.24, 2.45) is 5.92 Å². The Kier molecular flexibility index (Phi) is 7.91. The summed E-state index contributed by atoms with van der Waals surface area (Å²) < 4.78 is 28.9. The second-order valence-corrected chi connectivity index (χ2v) is 10.2. The highest BCUT2D eigenvalue weighted by Crippen LogP contribution is 2.31. The lowest BCUT2D eigenvalue weighted by molar-refractivity contribution is -0.384. The van der Waals surface area contributed by atoms with Crippen molar-refractivity contribution in [2.45, 2.75) is 24.2 Å². The molecule has 0 N–H and O–H groups in total. The summed E-state index contributed by atoms with van der Waals surface area (Å²) >= 11 is 0. The third-order valence-electron chi connectivity index (χ3n) is 5.78. The van der Waals surface area contributed by atoms with Gasteiger partial charge in [-0.2, -0.15) is 0 Å². The van der Waals surface area contributed by atoms with E-state index in [0.717, 1.165) is 6.26 Å². The molecular formula is C23H29N3O6S. The summed E-state index contributed by atoms with van der Waals surface area (Å²) in [7, 11) is -1.53. The first kappa shape index (κ1) is 24.5. The van der Waals surface area contributed by atoms with Crippen LogP contribution < -0.4 is 9.64 Å². The number of hydrogen-bond acceptors (Lipinski definition) is 7. The molecule has 1 amide bonds. The molecule has 33 heavy (non-hydrogen) atoms. The fraction of sp³-hybridized carbons (Fsp3) is 0.435. The van der Waals surface area contributed by atoms with Crippen LogP contribution in [0.2, 0.25) is 0 Å². The van der Waals surface area contributed by atoms with E-state index in [1.807, 2.05) is 4.90 Å². The van der Waals surface area contributed by atoms with E-state index in [1.165, 1.54) is 18.2 Å². The van der Waals surface area contributed by atoms with Crippen molar-refractivity contribution in [3.8, 4) is 5.75 Å². The molecule has 2 aromatic rings. The van der Waals surface area contributed by atoms with Gasteiger partial charge in [0.15, 0.2) is 9.84 Å². The Morgan fingerprint density at radius 1 is 1.18 bits per heavy atom. The Labute approximate surface area is 194 Å². The number of benzene rings is 2. The summed E-state index contributed by atoms with van der Waals surface area (Å²) in [6.07, 6.45) is 3.05. The Morgan fingerprint density at radius 2 is 1.88 bits per heavy atom. The van der Waals surface area contributed by atoms with Crippen LogP contribution in [0.4, 0.5) is 11.4 Å². The van der Waals surface area contributed by atoms with Crippen LogP contribution in [0.3, 0.4) is 0 Å². The van der Waals surface area contributed by atoms with Crippen LogP contribution >= 0.6 is 0 Å². The van der Waals surface area contributed by atoms with E-state index in [2.05, 4.69) is 0 Å². The van der Waals surface area contributed by atoms with Crippen LogP contribution in [0.25, 0.3) is 0 Å². The van der Waals surface area contributed by atoms with Gasteiger partial charge in [0.25, 0.3) is 5.69 Å². The van der Waals surface area contributed by atoms with Gasteiger partial charge in [-0.05, 0) is 43.5 Å². The molecule has 10 heteroatoms. The third kappa shape index (κ3) is 6.44. The number of nitro benzene ring substituents is 1. The highest BCUT2D eigenvalue weighted by Gasteiger charge is 2.29. The van der Waals surface area contributed by atoms with Crippen LogP contribution in [0.1, 0.15) is 19.3 Å². The summed E-state index contributed by atoms with van der Waals surface area (Å²) in [5.74, 6) is 0.437. The minimum Gasteiger partial charge on any atom is -0.493 e. The van der Waals surface area contributed by atoms with Gasteiger partial charge >= 0.3 is 0 Å². The molecule has 1 aliphatic heterocycles.